The molecule has 2 heteroatoms. The van der Waals surface area contributed by atoms with Gasteiger partial charge >= 0.3 is 5.97 Å². The van der Waals surface area contributed by atoms with Crippen LogP contribution in [0, 0.1) is 17.8 Å². The highest BCUT2D eigenvalue weighted by Gasteiger charge is 2.54. The average molecular weight is 196 g/mol. The Labute approximate surface area is 86.0 Å². The predicted octanol–water partition coefficient (Wildman–Crippen LogP) is 2.76. The van der Waals surface area contributed by atoms with Crippen LogP contribution < -0.4 is 0 Å². The molecule has 2 rings (SSSR count). The molecule has 0 aliphatic heterocycles. The second kappa shape index (κ2) is 3.25. The van der Waals surface area contributed by atoms with Gasteiger partial charge in [0.15, 0.2) is 0 Å². The number of rotatable bonds is 2. The monoisotopic (exact) mass is 196 g/mol. The largest absolute Gasteiger partial charge is 0.459 e. The molecule has 80 valence electrons. The number of fused-ring (bicyclic) bond motifs is 2. The molecular formula is C12H20O2. The number of hydrogen-bond acceptors (Lipinski definition) is 2. The Kier molecular flexibility index (Phi) is 2.32. The fourth-order valence-corrected chi connectivity index (χ4v) is 3.54. The van der Waals surface area contributed by atoms with Gasteiger partial charge in [0.05, 0.1) is 0 Å². The Morgan fingerprint density at radius 3 is 2.50 bits per heavy atom. The molecule has 3 unspecified atom stereocenters. The molecule has 0 aromatic carbocycles. The first kappa shape index (κ1) is 10.0. The van der Waals surface area contributed by atoms with Crippen molar-refractivity contribution in [2.45, 2.75) is 52.1 Å². The predicted molar refractivity (Wildman–Crippen MR) is 54.8 cm³/mol. The molecule has 0 spiro atoms. The first-order chi connectivity index (χ1) is 6.54. The van der Waals surface area contributed by atoms with Gasteiger partial charge in [-0.1, -0.05) is 13.8 Å². The van der Waals surface area contributed by atoms with Crippen LogP contribution in [0.15, 0.2) is 0 Å². The molecule has 0 N–H and O–H groups in total. The van der Waals surface area contributed by atoms with Crippen LogP contribution in [0.4, 0.5) is 0 Å². The number of esters is 1. The molecule has 0 radical (unpaired) electrons. The molecule has 0 aromatic heterocycles. The molecule has 0 aromatic rings. The van der Waals surface area contributed by atoms with Crippen molar-refractivity contribution in [3.8, 4) is 0 Å². The third-order valence-electron chi connectivity index (χ3n) is 4.15. The number of ether oxygens (including phenoxy) is 1. The van der Waals surface area contributed by atoms with Crippen LogP contribution in [0.1, 0.15) is 46.5 Å². The van der Waals surface area contributed by atoms with Crippen molar-refractivity contribution >= 4 is 5.97 Å². The standard InChI is InChI=1S/C12H20O2/c1-8(2)12(14-9(3)13)7-10-4-5-11(12)6-10/h8,10-11H,4-7H2,1-3H3. The quantitative estimate of drug-likeness (QED) is 0.635. The van der Waals surface area contributed by atoms with Crippen LogP contribution in [-0.4, -0.2) is 11.6 Å². The van der Waals surface area contributed by atoms with Gasteiger partial charge in [-0.3, -0.25) is 4.79 Å². The van der Waals surface area contributed by atoms with E-state index >= 15 is 0 Å². The van der Waals surface area contributed by atoms with E-state index in [9.17, 15) is 4.79 Å². The van der Waals surface area contributed by atoms with E-state index in [0.29, 0.717) is 11.8 Å². The summed E-state index contributed by atoms with van der Waals surface area (Å²) in [6, 6.07) is 0. The molecular weight excluding hydrogens is 176 g/mol. The van der Waals surface area contributed by atoms with E-state index in [4.69, 9.17) is 4.74 Å². The molecule has 0 heterocycles. The summed E-state index contributed by atoms with van der Waals surface area (Å²) in [7, 11) is 0. The molecule has 2 fully saturated rings. The van der Waals surface area contributed by atoms with Gasteiger partial charge in [0.1, 0.15) is 5.60 Å². The molecule has 2 aliphatic carbocycles. The lowest BCUT2D eigenvalue weighted by Gasteiger charge is -2.40. The van der Waals surface area contributed by atoms with Gasteiger partial charge in [-0.2, -0.15) is 0 Å². The summed E-state index contributed by atoms with van der Waals surface area (Å²) in [5.41, 5.74) is -0.116. The highest BCUT2D eigenvalue weighted by Crippen LogP contribution is 2.55. The lowest BCUT2D eigenvalue weighted by Crippen LogP contribution is -2.44. The van der Waals surface area contributed by atoms with Crippen molar-refractivity contribution in [2.75, 3.05) is 0 Å². The fraction of sp³-hybridized carbons (Fsp3) is 0.917. The summed E-state index contributed by atoms with van der Waals surface area (Å²) in [6.07, 6.45) is 5.00. The summed E-state index contributed by atoms with van der Waals surface area (Å²) in [5, 5.41) is 0. The van der Waals surface area contributed by atoms with Gasteiger partial charge in [0, 0.05) is 6.92 Å². The fourth-order valence-electron chi connectivity index (χ4n) is 3.54. The van der Waals surface area contributed by atoms with Crippen molar-refractivity contribution < 1.29 is 9.53 Å². The van der Waals surface area contributed by atoms with E-state index < -0.39 is 0 Å². The van der Waals surface area contributed by atoms with Crippen LogP contribution in [0.2, 0.25) is 0 Å². The maximum atomic E-state index is 11.2. The minimum Gasteiger partial charge on any atom is -0.459 e. The highest BCUT2D eigenvalue weighted by molar-refractivity contribution is 5.66. The van der Waals surface area contributed by atoms with E-state index in [0.717, 1.165) is 12.3 Å². The van der Waals surface area contributed by atoms with Crippen molar-refractivity contribution in [2.24, 2.45) is 17.8 Å². The third kappa shape index (κ3) is 1.35. The molecule has 0 amide bonds. The van der Waals surface area contributed by atoms with Crippen LogP contribution >= 0.6 is 0 Å². The van der Waals surface area contributed by atoms with Crippen molar-refractivity contribution in [1.29, 1.82) is 0 Å². The van der Waals surface area contributed by atoms with Gasteiger partial charge in [0.25, 0.3) is 0 Å². The molecule has 14 heavy (non-hydrogen) atoms. The average Bonchev–Trinajstić information content (AvgIpc) is 2.61. The highest BCUT2D eigenvalue weighted by atomic mass is 16.6. The number of carbonyl (C=O) groups is 1. The molecule has 0 saturated heterocycles. The lowest BCUT2D eigenvalue weighted by molar-refractivity contribution is -0.170. The van der Waals surface area contributed by atoms with E-state index in [1.54, 1.807) is 0 Å². The maximum absolute atomic E-state index is 11.2. The van der Waals surface area contributed by atoms with Crippen LogP contribution in [0.5, 0.6) is 0 Å². The van der Waals surface area contributed by atoms with Crippen molar-refractivity contribution in [1.82, 2.24) is 0 Å². The van der Waals surface area contributed by atoms with E-state index in [-0.39, 0.29) is 11.6 Å². The first-order valence-corrected chi connectivity index (χ1v) is 5.74. The zero-order valence-corrected chi connectivity index (χ0v) is 9.38. The van der Waals surface area contributed by atoms with Gasteiger partial charge < -0.3 is 4.74 Å². The summed E-state index contributed by atoms with van der Waals surface area (Å²) in [4.78, 5) is 11.2. The van der Waals surface area contributed by atoms with Crippen molar-refractivity contribution in [3.05, 3.63) is 0 Å². The topological polar surface area (TPSA) is 26.3 Å². The summed E-state index contributed by atoms with van der Waals surface area (Å²) >= 11 is 0. The first-order valence-electron chi connectivity index (χ1n) is 5.74. The molecule has 2 nitrogen and oxygen atoms in total. The molecule has 2 aliphatic rings. The van der Waals surface area contributed by atoms with Gasteiger partial charge in [-0.15, -0.1) is 0 Å². The summed E-state index contributed by atoms with van der Waals surface area (Å²) < 4.78 is 5.66. The molecule has 2 saturated carbocycles. The van der Waals surface area contributed by atoms with Crippen LogP contribution in [0.25, 0.3) is 0 Å². The van der Waals surface area contributed by atoms with Gasteiger partial charge in [-0.25, -0.2) is 0 Å². The Bertz CT molecular complexity index is 247. The number of hydrogen-bond donors (Lipinski definition) is 0. The number of carbonyl (C=O) groups excluding carboxylic acids is 1. The van der Waals surface area contributed by atoms with E-state index in [1.807, 2.05) is 0 Å². The lowest BCUT2D eigenvalue weighted by atomic mass is 9.76. The second-order valence-corrected chi connectivity index (χ2v) is 5.28. The van der Waals surface area contributed by atoms with Crippen LogP contribution in [0.3, 0.4) is 0 Å². The van der Waals surface area contributed by atoms with Gasteiger partial charge in [-0.05, 0) is 43.4 Å². The third-order valence-corrected chi connectivity index (χ3v) is 4.15. The van der Waals surface area contributed by atoms with E-state index in [2.05, 4.69) is 13.8 Å². The zero-order valence-electron chi connectivity index (χ0n) is 9.38. The Morgan fingerprint density at radius 1 is 1.43 bits per heavy atom. The Balaban J connectivity index is 2.19. The zero-order chi connectivity index (χ0) is 10.3. The van der Waals surface area contributed by atoms with E-state index in [1.165, 1.54) is 26.2 Å². The van der Waals surface area contributed by atoms with Crippen LogP contribution in [-0.2, 0) is 9.53 Å². The Hall–Kier alpha value is -0.530. The summed E-state index contributed by atoms with van der Waals surface area (Å²) in [5.74, 6) is 1.81. The molecule has 2 bridgehead atoms. The van der Waals surface area contributed by atoms with Gasteiger partial charge in [0.2, 0.25) is 0 Å². The van der Waals surface area contributed by atoms with Crippen molar-refractivity contribution in [3.63, 3.8) is 0 Å². The smallest absolute Gasteiger partial charge is 0.303 e. The molecule has 3 atom stereocenters. The normalized spacial score (nSPS) is 40.6. The Morgan fingerprint density at radius 2 is 2.14 bits per heavy atom. The minimum atomic E-state index is -0.116. The minimum absolute atomic E-state index is 0.105. The maximum Gasteiger partial charge on any atom is 0.303 e. The second-order valence-electron chi connectivity index (χ2n) is 5.28. The SMILES string of the molecule is CC(=O)OC1(C(C)C)CC2CCC1C2. The summed E-state index contributed by atoms with van der Waals surface area (Å²) in [6.45, 7) is 5.91.